The van der Waals surface area contributed by atoms with Crippen molar-refractivity contribution in [2.75, 3.05) is 26.2 Å². The summed E-state index contributed by atoms with van der Waals surface area (Å²) >= 11 is 0. The van der Waals surface area contributed by atoms with Gasteiger partial charge in [0, 0.05) is 25.6 Å². The number of alkyl carbamates (subject to hydrolysis) is 1. The molecular weight excluding hydrogens is 432 g/mol. The van der Waals surface area contributed by atoms with Gasteiger partial charge in [-0.3, -0.25) is 9.59 Å². The van der Waals surface area contributed by atoms with Gasteiger partial charge in [0.1, 0.15) is 6.61 Å². The minimum absolute atomic E-state index is 0.0231. The molecule has 7 nitrogen and oxygen atoms in total. The first kappa shape index (κ1) is 23.8. The molecule has 1 saturated heterocycles. The van der Waals surface area contributed by atoms with Gasteiger partial charge in [0.2, 0.25) is 5.91 Å². The van der Waals surface area contributed by atoms with Crippen LogP contribution in [0.3, 0.4) is 0 Å². The average Bonchev–Trinajstić information content (AvgIpc) is 3.33. The highest BCUT2D eigenvalue weighted by molar-refractivity contribution is 5.83. The zero-order valence-corrected chi connectivity index (χ0v) is 19.9. The SMILES string of the molecule is CC1CN(C(=O)C(C)(C)CNC(=O)OCC2c3ccccc3-c3ccccc32)CC1CC(=O)O. The molecule has 7 heteroatoms. The van der Waals surface area contributed by atoms with Crippen LogP contribution in [0.5, 0.6) is 0 Å². The Balaban J connectivity index is 1.32. The van der Waals surface area contributed by atoms with E-state index in [-0.39, 0.29) is 43.2 Å². The summed E-state index contributed by atoms with van der Waals surface area (Å²) in [6.45, 7) is 6.86. The summed E-state index contributed by atoms with van der Waals surface area (Å²) in [4.78, 5) is 38.4. The van der Waals surface area contributed by atoms with Crippen LogP contribution in [0.25, 0.3) is 11.1 Å². The van der Waals surface area contributed by atoms with Crippen LogP contribution < -0.4 is 5.32 Å². The predicted molar refractivity (Wildman–Crippen MR) is 128 cm³/mol. The van der Waals surface area contributed by atoms with Gasteiger partial charge >= 0.3 is 12.1 Å². The van der Waals surface area contributed by atoms with Crippen molar-refractivity contribution in [2.45, 2.75) is 33.1 Å². The number of aliphatic carboxylic acids is 1. The van der Waals surface area contributed by atoms with Crippen LogP contribution in [0.2, 0.25) is 0 Å². The van der Waals surface area contributed by atoms with Crippen molar-refractivity contribution in [3.05, 3.63) is 59.7 Å². The maximum atomic E-state index is 13.1. The lowest BCUT2D eigenvalue weighted by atomic mass is 9.91. The minimum Gasteiger partial charge on any atom is -0.481 e. The highest BCUT2D eigenvalue weighted by Crippen LogP contribution is 2.44. The van der Waals surface area contributed by atoms with E-state index >= 15 is 0 Å². The average molecular weight is 465 g/mol. The molecule has 2 aromatic carbocycles. The second kappa shape index (κ2) is 9.49. The van der Waals surface area contributed by atoms with E-state index in [1.807, 2.05) is 31.2 Å². The second-order valence-electron chi connectivity index (χ2n) is 10.1. The van der Waals surface area contributed by atoms with Gasteiger partial charge in [0.05, 0.1) is 11.8 Å². The maximum absolute atomic E-state index is 13.1. The second-order valence-corrected chi connectivity index (χ2v) is 10.1. The van der Waals surface area contributed by atoms with Gasteiger partial charge in [-0.1, -0.05) is 55.5 Å². The van der Waals surface area contributed by atoms with Crippen molar-refractivity contribution in [2.24, 2.45) is 17.3 Å². The van der Waals surface area contributed by atoms with Gasteiger partial charge < -0.3 is 20.1 Å². The molecule has 1 aliphatic heterocycles. The van der Waals surface area contributed by atoms with Crippen molar-refractivity contribution < 1.29 is 24.2 Å². The first-order valence-corrected chi connectivity index (χ1v) is 11.8. The fraction of sp³-hybridized carbons (Fsp3) is 0.444. The third-order valence-electron chi connectivity index (χ3n) is 7.09. The monoisotopic (exact) mass is 464 g/mol. The van der Waals surface area contributed by atoms with E-state index in [4.69, 9.17) is 9.84 Å². The Labute approximate surface area is 200 Å². The Morgan fingerprint density at radius 2 is 1.62 bits per heavy atom. The predicted octanol–water partition coefficient (Wildman–Crippen LogP) is 4.12. The van der Waals surface area contributed by atoms with Crippen molar-refractivity contribution >= 4 is 18.0 Å². The van der Waals surface area contributed by atoms with Crippen molar-refractivity contribution in [1.29, 1.82) is 0 Å². The summed E-state index contributed by atoms with van der Waals surface area (Å²) in [5, 5.41) is 11.8. The van der Waals surface area contributed by atoms with Crippen LogP contribution in [0.4, 0.5) is 4.79 Å². The van der Waals surface area contributed by atoms with Gasteiger partial charge in [-0.25, -0.2) is 4.79 Å². The van der Waals surface area contributed by atoms with E-state index in [0.29, 0.717) is 13.1 Å². The molecule has 180 valence electrons. The number of hydrogen-bond acceptors (Lipinski definition) is 4. The Kier molecular flexibility index (Phi) is 6.64. The lowest BCUT2D eigenvalue weighted by Crippen LogP contribution is -2.46. The molecule has 0 radical (unpaired) electrons. The smallest absolute Gasteiger partial charge is 0.407 e. The molecule has 0 bridgehead atoms. The molecule has 1 aliphatic carbocycles. The van der Waals surface area contributed by atoms with Crippen LogP contribution in [0.1, 0.15) is 44.2 Å². The summed E-state index contributed by atoms with van der Waals surface area (Å²) in [6.07, 6.45) is -0.495. The van der Waals surface area contributed by atoms with E-state index in [1.54, 1.807) is 18.7 Å². The number of carboxylic acid groups (broad SMARTS) is 1. The first-order chi connectivity index (χ1) is 16.2. The van der Waals surface area contributed by atoms with Crippen molar-refractivity contribution in [3.8, 4) is 11.1 Å². The third-order valence-corrected chi connectivity index (χ3v) is 7.09. The standard InChI is InChI=1S/C27H32N2O5/c1-17-13-29(14-18(17)12-24(30)31)25(32)27(2,3)16-28-26(33)34-15-23-21-10-6-4-8-19(21)20-9-5-7-11-22(20)23/h4-11,17-18,23H,12-16H2,1-3H3,(H,28,33)(H,30,31). The van der Waals surface area contributed by atoms with Gasteiger partial charge in [-0.15, -0.1) is 0 Å². The number of likely N-dealkylation sites (tertiary alicyclic amines) is 1. The normalized spacial score (nSPS) is 19.4. The van der Waals surface area contributed by atoms with E-state index in [9.17, 15) is 14.4 Å². The summed E-state index contributed by atoms with van der Waals surface area (Å²) in [5.41, 5.74) is 3.79. The van der Waals surface area contributed by atoms with Gasteiger partial charge in [0.15, 0.2) is 0 Å². The largest absolute Gasteiger partial charge is 0.481 e. The molecule has 2 N–H and O–H groups in total. The number of fused-ring (bicyclic) bond motifs is 3. The molecule has 2 atom stereocenters. The number of carbonyl (C=O) groups is 3. The molecule has 1 fully saturated rings. The van der Waals surface area contributed by atoms with Crippen LogP contribution in [-0.4, -0.2) is 54.2 Å². The summed E-state index contributed by atoms with van der Waals surface area (Å²) in [7, 11) is 0. The molecule has 0 spiro atoms. The Morgan fingerprint density at radius 3 is 2.21 bits per heavy atom. The van der Waals surface area contributed by atoms with Crippen LogP contribution in [-0.2, 0) is 14.3 Å². The number of nitrogens with zero attached hydrogens (tertiary/aromatic N) is 1. The molecule has 2 aromatic rings. The van der Waals surface area contributed by atoms with Crippen molar-refractivity contribution in [3.63, 3.8) is 0 Å². The van der Waals surface area contributed by atoms with E-state index in [2.05, 4.69) is 29.6 Å². The number of carbonyl (C=O) groups excluding carboxylic acids is 2. The van der Waals surface area contributed by atoms with Crippen LogP contribution in [0, 0.1) is 17.3 Å². The van der Waals surface area contributed by atoms with Crippen molar-refractivity contribution in [1.82, 2.24) is 10.2 Å². The van der Waals surface area contributed by atoms with Gasteiger partial charge in [0.25, 0.3) is 0 Å². The number of nitrogens with one attached hydrogen (secondary N) is 1. The zero-order chi connectivity index (χ0) is 24.5. The Bertz CT molecular complexity index is 1050. The van der Waals surface area contributed by atoms with Crippen LogP contribution >= 0.6 is 0 Å². The molecule has 1 heterocycles. The molecule has 2 unspecified atom stereocenters. The number of carboxylic acids is 1. The highest BCUT2D eigenvalue weighted by atomic mass is 16.5. The molecule has 4 rings (SSSR count). The summed E-state index contributed by atoms with van der Waals surface area (Å²) in [6, 6.07) is 16.3. The highest BCUT2D eigenvalue weighted by Gasteiger charge is 2.39. The number of rotatable bonds is 7. The molecule has 34 heavy (non-hydrogen) atoms. The maximum Gasteiger partial charge on any atom is 0.407 e. The number of benzene rings is 2. The molecular formula is C27H32N2O5. The Morgan fingerprint density at radius 1 is 1.03 bits per heavy atom. The topological polar surface area (TPSA) is 95.9 Å². The third kappa shape index (κ3) is 4.79. The lowest BCUT2D eigenvalue weighted by Gasteiger charge is -2.29. The molecule has 2 aliphatic rings. The quantitative estimate of drug-likeness (QED) is 0.643. The summed E-state index contributed by atoms with van der Waals surface area (Å²) < 4.78 is 5.58. The summed E-state index contributed by atoms with van der Waals surface area (Å²) in [5.74, 6) is -0.878. The molecule has 2 amide bonds. The van der Waals surface area contributed by atoms with E-state index in [1.165, 1.54) is 11.1 Å². The fourth-order valence-electron chi connectivity index (χ4n) is 5.14. The fourth-order valence-corrected chi connectivity index (χ4v) is 5.14. The van der Waals surface area contributed by atoms with E-state index < -0.39 is 17.5 Å². The van der Waals surface area contributed by atoms with E-state index in [0.717, 1.165) is 11.1 Å². The molecule has 0 saturated carbocycles. The minimum atomic E-state index is -0.845. The molecule has 0 aromatic heterocycles. The number of amides is 2. The number of ether oxygens (including phenoxy) is 1. The first-order valence-electron chi connectivity index (χ1n) is 11.8. The number of hydrogen-bond donors (Lipinski definition) is 2. The zero-order valence-electron chi connectivity index (χ0n) is 19.9. The van der Waals surface area contributed by atoms with Gasteiger partial charge in [-0.05, 0) is 47.9 Å². The lowest BCUT2D eigenvalue weighted by molar-refractivity contribution is -0.140. The van der Waals surface area contributed by atoms with Gasteiger partial charge in [-0.2, -0.15) is 0 Å². The Hall–Kier alpha value is -3.35. The van der Waals surface area contributed by atoms with Crippen LogP contribution in [0.15, 0.2) is 48.5 Å².